The van der Waals surface area contributed by atoms with Crippen LogP contribution in [0.1, 0.15) is 24.8 Å². The molecular weight excluding hydrogens is 290 g/mol. The molecule has 116 valence electrons. The number of rotatable bonds is 3. The molecule has 7 nitrogen and oxygen atoms in total. The van der Waals surface area contributed by atoms with E-state index in [-0.39, 0.29) is 43.8 Å². The number of carbonyl (C=O) groups excluding carboxylic acids is 2. The number of nitro benzene ring substituents is 1. The molecule has 0 amide bonds. The van der Waals surface area contributed by atoms with Gasteiger partial charge in [-0.3, -0.25) is 19.7 Å². The fraction of sp³-hybridized carbons (Fsp3) is 0.467. The minimum atomic E-state index is -1.52. The molecule has 0 unspecified atom stereocenters. The van der Waals surface area contributed by atoms with Crippen molar-refractivity contribution < 1.29 is 24.4 Å². The van der Waals surface area contributed by atoms with Gasteiger partial charge in [-0.1, -0.05) is 12.1 Å². The number of ketones is 1. The van der Waals surface area contributed by atoms with Crippen molar-refractivity contribution in [1.29, 1.82) is 0 Å². The van der Waals surface area contributed by atoms with E-state index in [1.807, 2.05) is 0 Å². The molecule has 1 saturated carbocycles. The third-order valence-electron chi connectivity index (χ3n) is 4.67. The summed E-state index contributed by atoms with van der Waals surface area (Å²) in [5.41, 5.74) is -2.23. The summed E-state index contributed by atoms with van der Waals surface area (Å²) in [6, 6.07) is 5.96. The number of hydrogen-bond donors (Lipinski definition) is 1. The topological polar surface area (TPSA) is 107 Å². The molecular formula is C15H15NO6. The predicted molar refractivity (Wildman–Crippen MR) is 74.0 cm³/mol. The minimum Gasteiger partial charge on any atom is -0.462 e. The van der Waals surface area contributed by atoms with Gasteiger partial charge in [-0.05, 0) is 18.4 Å². The van der Waals surface area contributed by atoms with Gasteiger partial charge in [0.05, 0.1) is 4.92 Å². The monoisotopic (exact) mass is 305 g/mol. The summed E-state index contributed by atoms with van der Waals surface area (Å²) in [4.78, 5) is 34.2. The van der Waals surface area contributed by atoms with E-state index < -0.39 is 21.9 Å². The predicted octanol–water partition coefficient (Wildman–Crippen LogP) is 1.16. The van der Waals surface area contributed by atoms with Crippen LogP contribution in [0.3, 0.4) is 0 Å². The van der Waals surface area contributed by atoms with E-state index in [0.717, 1.165) is 0 Å². The van der Waals surface area contributed by atoms with Gasteiger partial charge >= 0.3 is 5.97 Å². The minimum absolute atomic E-state index is 0.0734. The first-order chi connectivity index (χ1) is 10.4. The van der Waals surface area contributed by atoms with Crippen LogP contribution in [0.25, 0.3) is 0 Å². The molecule has 1 aliphatic carbocycles. The lowest BCUT2D eigenvalue weighted by Gasteiger charge is -2.41. The lowest BCUT2D eigenvalue weighted by Crippen LogP contribution is -2.54. The highest BCUT2D eigenvalue weighted by atomic mass is 16.6. The number of nitro groups is 1. The van der Waals surface area contributed by atoms with Crippen LogP contribution in [0.5, 0.6) is 0 Å². The molecule has 0 aromatic heterocycles. The second kappa shape index (κ2) is 4.88. The van der Waals surface area contributed by atoms with Gasteiger partial charge in [-0.2, -0.15) is 0 Å². The van der Waals surface area contributed by atoms with E-state index in [0.29, 0.717) is 5.56 Å². The number of cyclic esters (lactones) is 1. The summed E-state index contributed by atoms with van der Waals surface area (Å²) in [6.07, 6.45) is 0.404. The van der Waals surface area contributed by atoms with Crippen LogP contribution >= 0.6 is 0 Å². The second-order valence-corrected chi connectivity index (χ2v) is 6.01. The largest absolute Gasteiger partial charge is 0.462 e. The third-order valence-corrected chi connectivity index (χ3v) is 4.67. The van der Waals surface area contributed by atoms with Crippen molar-refractivity contribution in [1.82, 2.24) is 0 Å². The normalized spacial score (nSPS) is 30.8. The van der Waals surface area contributed by atoms with Crippen LogP contribution in [-0.4, -0.2) is 34.0 Å². The molecule has 1 aromatic carbocycles. The van der Waals surface area contributed by atoms with Crippen molar-refractivity contribution in [2.24, 2.45) is 5.41 Å². The van der Waals surface area contributed by atoms with Crippen molar-refractivity contribution in [3.63, 3.8) is 0 Å². The Labute approximate surface area is 126 Å². The third kappa shape index (κ3) is 2.09. The molecule has 7 heteroatoms. The number of benzene rings is 1. The molecule has 0 spiro atoms. The van der Waals surface area contributed by atoms with Gasteiger partial charge in [-0.25, -0.2) is 0 Å². The van der Waals surface area contributed by atoms with Crippen LogP contribution in [0.15, 0.2) is 24.3 Å². The van der Waals surface area contributed by atoms with E-state index in [9.17, 15) is 24.8 Å². The van der Waals surface area contributed by atoms with Crippen LogP contribution in [0, 0.1) is 15.5 Å². The Morgan fingerprint density at radius 3 is 2.86 bits per heavy atom. The Hall–Kier alpha value is -2.28. The van der Waals surface area contributed by atoms with E-state index in [1.165, 1.54) is 18.2 Å². The Morgan fingerprint density at radius 1 is 1.36 bits per heavy atom. The molecule has 2 atom stereocenters. The Bertz CT molecular complexity index is 672. The van der Waals surface area contributed by atoms with Gasteiger partial charge in [0.15, 0.2) is 0 Å². The van der Waals surface area contributed by atoms with Gasteiger partial charge in [0.25, 0.3) is 5.69 Å². The van der Waals surface area contributed by atoms with Crippen LogP contribution in [0.4, 0.5) is 5.69 Å². The van der Waals surface area contributed by atoms with Gasteiger partial charge in [0, 0.05) is 25.0 Å². The fourth-order valence-corrected chi connectivity index (χ4v) is 3.43. The van der Waals surface area contributed by atoms with Crippen LogP contribution < -0.4 is 0 Å². The van der Waals surface area contributed by atoms with Crippen molar-refractivity contribution in [3.05, 3.63) is 39.9 Å². The zero-order chi connectivity index (χ0) is 16.0. The first-order valence-electron chi connectivity index (χ1n) is 7.01. The smallest absolute Gasteiger partial charge is 0.315 e. The number of Topliss-reactive ketones (excluding diaryl/α,β-unsaturated/α-hetero) is 1. The first-order valence-corrected chi connectivity index (χ1v) is 7.01. The maximum atomic E-state index is 12.2. The Kier molecular flexibility index (Phi) is 3.25. The molecule has 1 N–H and O–H groups in total. The number of fused-ring (bicyclic) bond motifs is 1. The maximum absolute atomic E-state index is 12.2. The average Bonchev–Trinajstić information content (AvgIpc) is 2.72. The molecule has 0 bridgehead atoms. The lowest BCUT2D eigenvalue weighted by molar-refractivity contribution is -0.384. The number of carbonyl (C=O) groups is 2. The van der Waals surface area contributed by atoms with Crippen molar-refractivity contribution in [3.8, 4) is 0 Å². The average molecular weight is 305 g/mol. The molecule has 1 aromatic rings. The number of esters is 1. The van der Waals surface area contributed by atoms with Crippen LogP contribution in [-0.2, 0) is 20.7 Å². The first kappa shape index (κ1) is 14.6. The summed E-state index contributed by atoms with van der Waals surface area (Å²) in [7, 11) is 0. The fourth-order valence-electron chi connectivity index (χ4n) is 3.43. The lowest BCUT2D eigenvalue weighted by atomic mass is 9.61. The summed E-state index contributed by atoms with van der Waals surface area (Å²) in [6.45, 7) is -0.202. The van der Waals surface area contributed by atoms with Crippen molar-refractivity contribution >= 4 is 17.4 Å². The van der Waals surface area contributed by atoms with E-state index in [2.05, 4.69) is 0 Å². The molecule has 1 aliphatic heterocycles. The molecule has 3 rings (SSSR count). The summed E-state index contributed by atoms with van der Waals surface area (Å²) < 4.78 is 5.03. The van der Waals surface area contributed by atoms with Crippen molar-refractivity contribution in [2.75, 3.05) is 6.61 Å². The van der Waals surface area contributed by atoms with Gasteiger partial charge in [0.2, 0.25) is 0 Å². The molecule has 22 heavy (non-hydrogen) atoms. The van der Waals surface area contributed by atoms with E-state index >= 15 is 0 Å². The number of ether oxygens (including phenoxy) is 1. The maximum Gasteiger partial charge on any atom is 0.315 e. The summed E-state index contributed by atoms with van der Waals surface area (Å²) >= 11 is 0. The quantitative estimate of drug-likeness (QED) is 0.510. The molecule has 0 radical (unpaired) electrons. The number of non-ortho nitro benzene ring substituents is 1. The standard InChI is InChI=1S/C15H15NO6/c17-12-4-5-14(13(18)22-9-15(14,19)8-12)7-10-2-1-3-11(6-10)16(20)21/h1-3,6,19H,4-5,7-9H2/t14-,15+/m1/s1. The molecule has 2 aliphatic rings. The summed E-state index contributed by atoms with van der Waals surface area (Å²) in [5, 5.41) is 21.6. The van der Waals surface area contributed by atoms with E-state index in [1.54, 1.807) is 6.07 Å². The molecule has 1 saturated heterocycles. The molecule has 2 fully saturated rings. The van der Waals surface area contributed by atoms with Gasteiger partial charge in [-0.15, -0.1) is 0 Å². The highest BCUT2D eigenvalue weighted by molar-refractivity contribution is 5.89. The zero-order valence-corrected chi connectivity index (χ0v) is 11.8. The number of aliphatic hydroxyl groups is 1. The Morgan fingerprint density at radius 2 is 2.14 bits per heavy atom. The van der Waals surface area contributed by atoms with Crippen LogP contribution in [0.2, 0.25) is 0 Å². The van der Waals surface area contributed by atoms with E-state index in [4.69, 9.17) is 4.74 Å². The van der Waals surface area contributed by atoms with Gasteiger partial charge in [0.1, 0.15) is 23.4 Å². The number of hydrogen-bond acceptors (Lipinski definition) is 6. The zero-order valence-electron chi connectivity index (χ0n) is 11.8. The molecule has 1 heterocycles. The SMILES string of the molecule is O=C1CC[C@@]2(Cc3cccc([N+](=O)[O-])c3)C(=O)OC[C@@]2(O)C1. The second-order valence-electron chi connectivity index (χ2n) is 6.01. The van der Waals surface area contributed by atoms with Crippen molar-refractivity contribution in [2.45, 2.75) is 31.3 Å². The summed E-state index contributed by atoms with van der Waals surface area (Å²) in [5.74, 6) is -0.635. The number of nitrogens with zero attached hydrogens (tertiary/aromatic N) is 1. The van der Waals surface area contributed by atoms with Gasteiger partial charge < -0.3 is 9.84 Å². The Balaban J connectivity index is 1.98. The highest BCUT2D eigenvalue weighted by Gasteiger charge is 2.64. The highest BCUT2D eigenvalue weighted by Crippen LogP contribution is 2.50.